The fraction of sp³-hybridized carbons (Fsp3) is 0.684. The van der Waals surface area contributed by atoms with Crippen LogP contribution in [0.3, 0.4) is 0 Å². The average Bonchev–Trinajstić information content (AvgIpc) is 2.49. The van der Waals surface area contributed by atoms with Crippen LogP contribution in [-0.4, -0.2) is 19.7 Å². The second-order valence-electron chi connectivity index (χ2n) is 6.33. The lowest BCUT2D eigenvalue weighted by Gasteiger charge is -2.19. The van der Waals surface area contributed by atoms with E-state index in [0.717, 1.165) is 24.6 Å². The van der Waals surface area contributed by atoms with Crippen LogP contribution in [0.2, 0.25) is 0 Å². The number of methoxy groups -OCH3 is 1. The van der Waals surface area contributed by atoms with E-state index in [2.05, 4.69) is 50.4 Å². The molecule has 21 heavy (non-hydrogen) atoms. The molecule has 1 aromatic rings. The first kappa shape index (κ1) is 18.0. The minimum absolute atomic E-state index is 0.569. The molecule has 1 N–H and O–H groups in total. The zero-order valence-electron chi connectivity index (χ0n) is 14.3. The van der Waals surface area contributed by atoms with Gasteiger partial charge in [-0.05, 0) is 43.0 Å². The second-order valence-corrected chi connectivity index (χ2v) is 6.33. The molecule has 0 bridgehead atoms. The molecule has 0 radical (unpaired) electrons. The first-order valence-electron chi connectivity index (χ1n) is 8.52. The number of nitrogens with one attached hydrogen (secondary N) is 1. The van der Waals surface area contributed by atoms with Crippen LogP contribution in [0.15, 0.2) is 24.3 Å². The monoisotopic (exact) mass is 291 g/mol. The highest BCUT2D eigenvalue weighted by molar-refractivity contribution is 5.27. The van der Waals surface area contributed by atoms with Gasteiger partial charge in [0, 0.05) is 6.04 Å². The van der Waals surface area contributed by atoms with Crippen LogP contribution in [-0.2, 0) is 6.42 Å². The van der Waals surface area contributed by atoms with Crippen LogP contribution in [0.1, 0.15) is 58.4 Å². The molecule has 0 aliphatic heterocycles. The SMILES string of the molecule is CCCCCCC(CNC(C)C)Cc1ccc(OC)cc1. The second kappa shape index (κ2) is 10.7. The summed E-state index contributed by atoms with van der Waals surface area (Å²) < 4.78 is 5.23. The van der Waals surface area contributed by atoms with Crippen molar-refractivity contribution < 1.29 is 4.74 Å². The summed E-state index contributed by atoms with van der Waals surface area (Å²) in [5, 5.41) is 3.60. The van der Waals surface area contributed by atoms with Crippen molar-refractivity contribution in [2.45, 2.75) is 65.3 Å². The summed E-state index contributed by atoms with van der Waals surface area (Å²) in [6.07, 6.45) is 7.90. The summed E-state index contributed by atoms with van der Waals surface area (Å²) in [4.78, 5) is 0. The number of unbranched alkanes of at least 4 members (excludes halogenated alkanes) is 3. The zero-order valence-corrected chi connectivity index (χ0v) is 14.3. The third-order valence-electron chi connectivity index (χ3n) is 3.96. The Morgan fingerprint density at radius 1 is 1.05 bits per heavy atom. The van der Waals surface area contributed by atoms with Crippen LogP contribution in [0.4, 0.5) is 0 Å². The molecule has 2 heteroatoms. The van der Waals surface area contributed by atoms with E-state index in [1.165, 1.54) is 37.7 Å². The normalized spacial score (nSPS) is 12.6. The smallest absolute Gasteiger partial charge is 0.118 e. The van der Waals surface area contributed by atoms with Crippen molar-refractivity contribution in [1.29, 1.82) is 0 Å². The molecule has 1 rings (SSSR count). The molecule has 1 unspecified atom stereocenters. The minimum atomic E-state index is 0.569. The van der Waals surface area contributed by atoms with Crippen LogP contribution < -0.4 is 10.1 Å². The fourth-order valence-corrected chi connectivity index (χ4v) is 2.63. The van der Waals surface area contributed by atoms with Gasteiger partial charge in [0.05, 0.1) is 7.11 Å². The first-order chi connectivity index (χ1) is 10.2. The third kappa shape index (κ3) is 8.11. The first-order valence-corrected chi connectivity index (χ1v) is 8.52. The Morgan fingerprint density at radius 2 is 1.76 bits per heavy atom. The van der Waals surface area contributed by atoms with E-state index >= 15 is 0 Å². The van der Waals surface area contributed by atoms with Gasteiger partial charge in [-0.1, -0.05) is 58.6 Å². The maximum Gasteiger partial charge on any atom is 0.118 e. The molecule has 1 aromatic carbocycles. The largest absolute Gasteiger partial charge is 0.497 e. The molecular formula is C19H33NO. The van der Waals surface area contributed by atoms with Gasteiger partial charge >= 0.3 is 0 Å². The predicted octanol–water partition coefficient (Wildman–Crippen LogP) is 4.82. The van der Waals surface area contributed by atoms with Gasteiger partial charge in [-0.15, -0.1) is 0 Å². The van der Waals surface area contributed by atoms with Gasteiger partial charge in [0.2, 0.25) is 0 Å². The average molecular weight is 291 g/mol. The maximum absolute atomic E-state index is 5.23. The Hall–Kier alpha value is -1.02. The lowest BCUT2D eigenvalue weighted by atomic mass is 9.93. The lowest BCUT2D eigenvalue weighted by molar-refractivity contribution is 0.403. The summed E-state index contributed by atoms with van der Waals surface area (Å²) in [7, 11) is 1.72. The Bertz CT molecular complexity index is 358. The summed E-state index contributed by atoms with van der Waals surface area (Å²) in [6, 6.07) is 9.11. The van der Waals surface area contributed by atoms with E-state index in [4.69, 9.17) is 4.74 Å². The number of rotatable bonds is 11. The predicted molar refractivity (Wildman–Crippen MR) is 92.1 cm³/mol. The molecule has 0 heterocycles. The van der Waals surface area contributed by atoms with Gasteiger partial charge in [0.1, 0.15) is 5.75 Å². The van der Waals surface area contributed by atoms with E-state index in [9.17, 15) is 0 Å². The highest BCUT2D eigenvalue weighted by Gasteiger charge is 2.10. The van der Waals surface area contributed by atoms with Gasteiger partial charge < -0.3 is 10.1 Å². The molecule has 120 valence electrons. The van der Waals surface area contributed by atoms with Crippen LogP contribution in [0.25, 0.3) is 0 Å². The Labute approximate surface area is 131 Å². The minimum Gasteiger partial charge on any atom is -0.497 e. The van der Waals surface area contributed by atoms with Crippen molar-refractivity contribution in [1.82, 2.24) is 5.32 Å². The molecule has 0 saturated heterocycles. The van der Waals surface area contributed by atoms with Crippen LogP contribution >= 0.6 is 0 Å². The standard InChI is InChI=1S/C19H33NO/c1-5-6-7-8-9-18(15-20-16(2)3)14-17-10-12-19(21-4)13-11-17/h10-13,16,18,20H,5-9,14-15H2,1-4H3. The fourth-order valence-electron chi connectivity index (χ4n) is 2.63. The van der Waals surface area contributed by atoms with E-state index in [-0.39, 0.29) is 0 Å². The molecule has 0 aliphatic rings. The zero-order chi connectivity index (χ0) is 15.5. The summed E-state index contributed by atoms with van der Waals surface area (Å²) in [5.74, 6) is 1.68. The highest BCUT2D eigenvalue weighted by atomic mass is 16.5. The lowest BCUT2D eigenvalue weighted by Crippen LogP contribution is -2.30. The van der Waals surface area contributed by atoms with E-state index in [1.54, 1.807) is 7.11 Å². The van der Waals surface area contributed by atoms with E-state index < -0.39 is 0 Å². The molecule has 0 amide bonds. The molecule has 2 nitrogen and oxygen atoms in total. The quantitative estimate of drug-likeness (QED) is 0.590. The van der Waals surface area contributed by atoms with Crippen molar-refractivity contribution >= 4 is 0 Å². The molecular weight excluding hydrogens is 258 g/mol. The van der Waals surface area contributed by atoms with Gasteiger partial charge in [-0.2, -0.15) is 0 Å². The van der Waals surface area contributed by atoms with Gasteiger partial charge in [-0.3, -0.25) is 0 Å². The molecule has 0 fully saturated rings. The Balaban J connectivity index is 2.48. The van der Waals surface area contributed by atoms with Crippen molar-refractivity contribution in [3.63, 3.8) is 0 Å². The van der Waals surface area contributed by atoms with E-state index in [1.807, 2.05) is 0 Å². The van der Waals surface area contributed by atoms with E-state index in [0.29, 0.717) is 6.04 Å². The van der Waals surface area contributed by atoms with Crippen LogP contribution in [0.5, 0.6) is 5.75 Å². The Morgan fingerprint density at radius 3 is 2.33 bits per heavy atom. The topological polar surface area (TPSA) is 21.3 Å². The summed E-state index contributed by atoms with van der Waals surface area (Å²) >= 11 is 0. The molecule has 0 spiro atoms. The van der Waals surface area contributed by atoms with Crippen LogP contribution in [0, 0.1) is 5.92 Å². The molecule has 0 saturated carbocycles. The number of hydrogen-bond donors (Lipinski definition) is 1. The molecule has 1 atom stereocenters. The van der Waals surface area contributed by atoms with Gasteiger partial charge in [0.15, 0.2) is 0 Å². The summed E-state index contributed by atoms with van der Waals surface area (Å²) in [6.45, 7) is 7.84. The van der Waals surface area contributed by atoms with Gasteiger partial charge in [-0.25, -0.2) is 0 Å². The van der Waals surface area contributed by atoms with Crippen molar-refractivity contribution in [3.05, 3.63) is 29.8 Å². The summed E-state index contributed by atoms with van der Waals surface area (Å²) in [5.41, 5.74) is 1.42. The number of hydrogen-bond acceptors (Lipinski definition) is 2. The van der Waals surface area contributed by atoms with Gasteiger partial charge in [0.25, 0.3) is 0 Å². The maximum atomic E-state index is 5.23. The number of benzene rings is 1. The Kier molecular flexibility index (Phi) is 9.16. The van der Waals surface area contributed by atoms with Crippen molar-refractivity contribution in [2.75, 3.05) is 13.7 Å². The highest BCUT2D eigenvalue weighted by Crippen LogP contribution is 2.18. The molecule has 0 aromatic heterocycles. The number of ether oxygens (including phenoxy) is 1. The third-order valence-corrected chi connectivity index (χ3v) is 3.96. The molecule has 0 aliphatic carbocycles. The van der Waals surface area contributed by atoms with Crippen molar-refractivity contribution in [2.24, 2.45) is 5.92 Å². The van der Waals surface area contributed by atoms with Crippen molar-refractivity contribution in [3.8, 4) is 5.75 Å².